The van der Waals surface area contributed by atoms with Crippen molar-refractivity contribution in [1.82, 2.24) is 9.88 Å². The van der Waals surface area contributed by atoms with Gasteiger partial charge in [0.05, 0.1) is 11.2 Å². The van der Waals surface area contributed by atoms with Gasteiger partial charge in [0.25, 0.3) is 0 Å². The van der Waals surface area contributed by atoms with Crippen molar-refractivity contribution in [3.8, 4) is 0 Å². The van der Waals surface area contributed by atoms with Crippen molar-refractivity contribution in [3.05, 3.63) is 50.5 Å². The molecular weight excluding hydrogens is 397 g/mol. The molecule has 0 amide bonds. The number of anilines is 1. The van der Waals surface area contributed by atoms with Gasteiger partial charge in [-0.3, -0.25) is 4.79 Å². The number of likely N-dealkylation sites (N-methyl/N-ethyl adjacent to an activating group) is 1. The number of nitrogens with zero attached hydrogens (tertiary/aromatic N) is 2. The van der Waals surface area contributed by atoms with Gasteiger partial charge in [0.1, 0.15) is 11.4 Å². The first-order valence-electron chi connectivity index (χ1n) is 9.78. The Labute approximate surface area is 172 Å². The molecule has 1 aliphatic heterocycles. The molecule has 1 aliphatic carbocycles. The van der Waals surface area contributed by atoms with Crippen LogP contribution in [0.15, 0.2) is 33.7 Å². The lowest BCUT2D eigenvalue weighted by molar-refractivity contribution is 0.0695. The summed E-state index contributed by atoms with van der Waals surface area (Å²) in [6.07, 6.45) is 4.97. The number of piperidine rings is 1. The molecule has 1 saturated heterocycles. The first kappa shape index (κ1) is 19.9. The van der Waals surface area contributed by atoms with E-state index in [0.717, 1.165) is 36.3 Å². The lowest BCUT2D eigenvalue weighted by Gasteiger charge is -2.32. The molecule has 6 nitrogen and oxygen atoms in total. The van der Waals surface area contributed by atoms with E-state index in [1.165, 1.54) is 12.3 Å². The molecule has 1 aromatic heterocycles. The van der Waals surface area contributed by atoms with Crippen LogP contribution < -0.4 is 15.6 Å². The normalized spacial score (nSPS) is 18.9. The summed E-state index contributed by atoms with van der Waals surface area (Å²) in [6, 6.07) is 3.02. The quantitative estimate of drug-likeness (QED) is 0.776. The van der Waals surface area contributed by atoms with Crippen LogP contribution in [0.5, 0.6) is 0 Å². The number of hydrogen-bond acceptors (Lipinski definition) is 4. The summed E-state index contributed by atoms with van der Waals surface area (Å²) in [5, 5.41) is 13.3. The molecular formula is C21H23ClFN3O3. The van der Waals surface area contributed by atoms with E-state index < -0.39 is 17.2 Å². The topological polar surface area (TPSA) is 74.6 Å². The molecule has 2 heterocycles. The van der Waals surface area contributed by atoms with E-state index in [1.807, 2.05) is 16.5 Å². The molecule has 2 aromatic rings. The molecule has 0 atom stereocenters. The Morgan fingerprint density at radius 2 is 2.14 bits per heavy atom. The fraction of sp³-hybridized carbons (Fsp3) is 0.429. The van der Waals surface area contributed by atoms with Crippen LogP contribution in [0.25, 0.3) is 10.9 Å². The summed E-state index contributed by atoms with van der Waals surface area (Å²) in [5.41, 5.74) is 1.11. The summed E-state index contributed by atoms with van der Waals surface area (Å²) in [6.45, 7) is 1.80. The second kappa shape index (κ2) is 7.80. The number of fused-ring (bicyclic) bond motifs is 1. The van der Waals surface area contributed by atoms with Crippen molar-refractivity contribution in [1.29, 1.82) is 0 Å². The van der Waals surface area contributed by atoms with E-state index in [-0.39, 0.29) is 17.0 Å². The fourth-order valence-electron chi connectivity index (χ4n) is 3.99. The third kappa shape index (κ3) is 3.76. The molecule has 2 fully saturated rings. The van der Waals surface area contributed by atoms with Crippen LogP contribution in [-0.2, 0) is 0 Å². The molecule has 0 bridgehead atoms. The maximum absolute atomic E-state index is 15.0. The Kier molecular flexibility index (Phi) is 5.36. The van der Waals surface area contributed by atoms with E-state index in [0.29, 0.717) is 30.8 Å². The monoisotopic (exact) mass is 419 g/mol. The van der Waals surface area contributed by atoms with Gasteiger partial charge in [0.2, 0.25) is 5.43 Å². The number of aromatic nitrogens is 1. The van der Waals surface area contributed by atoms with Crippen LogP contribution in [0, 0.1) is 5.82 Å². The average Bonchev–Trinajstić information content (AvgIpc) is 3.53. The highest BCUT2D eigenvalue weighted by molar-refractivity contribution is 6.30. The molecule has 8 heteroatoms. The van der Waals surface area contributed by atoms with E-state index in [2.05, 4.69) is 5.32 Å². The Hall–Kier alpha value is -2.38. The number of carboxylic acids is 1. The van der Waals surface area contributed by atoms with Crippen molar-refractivity contribution in [2.45, 2.75) is 31.7 Å². The average molecular weight is 420 g/mol. The molecule has 4 rings (SSSR count). The molecule has 2 N–H and O–H groups in total. The van der Waals surface area contributed by atoms with Crippen LogP contribution >= 0.6 is 11.6 Å². The van der Waals surface area contributed by atoms with E-state index in [1.54, 1.807) is 6.07 Å². The van der Waals surface area contributed by atoms with Gasteiger partial charge in [-0.15, -0.1) is 0 Å². The minimum Gasteiger partial charge on any atom is -0.477 e. The van der Waals surface area contributed by atoms with Gasteiger partial charge >= 0.3 is 5.97 Å². The van der Waals surface area contributed by atoms with Crippen LogP contribution in [0.2, 0.25) is 0 Å². The fourth-order valence-corrected chi connectivity index (χ4v) is 4.28. The second-order valence-electron chi connectivity index (χ2n) is 7.70. The minimum atomic E-state index is -1.29. The van der Waals surface area contributed by atoms with Crippen molar-refractivity contribution >= 4 is 34.2 Å². The highest BCUT2D eigenvalue weighted by Crippen LogP contribution is 2.38. The lowest BCUT2D eigenvalue weighted by Crippen LogP contribution is -2.33. The maximum atomic E-state index is 15.0. The van der Waals surface area contributed by atoms with Gasteiger partial charge in [0, 0.05) is 42.3 Å². The van der Waals surface area contributed by atoms with Crippen molar-refractivity contribution in [2.24, 2.45) is 0 Å². The standard InChI is InChI=1S/C21H23ClFN3O3/c1-24-9-16(22)12-3-2-6-25(10-12)19-8-18-14(7-17(19)23)20(27)15(21(28)29)11-26(18)13-4-5-13/h7-8,11,13,24H,2-6,9-10H2,1H3,(H,28,29)/b16-12+. The van der Waals surface area contributed by atoms with Gasteiger partial charge in [-0.05, 0) is 50.4 Å². The van der Waals surface area contributed by atoms with Gasteiger partial charge in [0.15, 0.2) is 0 Å². The summed E-state index contributed by atoms with van der Waals surface area (Å²) >= 11 is 6.39. The van der Waals surface area contributed by atoms with E-state index in [9.17, 15) is 14.7 Å². The lowest BCUT2D eigenvalue weighted by atomic mass is 10.0. The summed E-state index contributed by atoms with van der Waals surface area (Å²) in [4.78, 5) is 26.0. The number of carboxylic acid groups (broad SMARTS) is 1. The molecule has 1 saturated carbocycles. The Morgan fingerprint density at radius 1 is 1.38 bits per heavy atom. The number of carbonyl (C=O) groups is 1. The largest absolute Gasteiger partial charge is 0.477 e. The highest BCUT2D eigenvalue weighted by atomic mass is 35.5. The predicted molar refractivity (Wildman–Crippen MR) is 112 cm³/mol. The molecule has 0 spiro atoms. The van der Waals surface area contributed by atoms with Gasteiger partial charge < -0.3 is 19.9 Å². The number of halogens is 2. The third-order valence-corrected chi connectivity index (χ3v) is 6.02. The Balaban J connectivity index is 1.82. The molecule has 154 valence electrons. The molecule has 29 heavy (non-hydrogen) atoms. The summed E-state index contributed by atoms with van der Waals surface area (Å²) in [5.74, 6) is -1.81. The van der Waals surface area contributed by atoms with Crippen LogP contribution in [-0.4, -0.2) is 42.3 Å². The first-order valence-corrected chi connectivity index (χ1v) is 10.2. The Bertz CT molecular complexity index is 1080. The van der Waals surface area contributed by atoms with E-state index in [4.69, 9.17) is 11.6 Å². The zero-order chi connectivity index (χ0) is 20.7. The second-order valence-corrected chi connectivity index (χ2v) is 8.16. The summed E-state index contributed by atoms with van der Waals surface area (Å²) < 4.78 is 16.9. The number of rotatable bonds is 5. The van der Waals surface area contributed by atoms with E-state index >= 15 is 4.39 Å². The van der Waals surface area contributed by atoms with Crippen LogP contribution in [0.3, 0.4) is 0 Å². The highest BCUT2D eigenvalue weighted by Gasteiger charge is 2.28. The van der Waals surface area contributed by atoms with Crippen molar-refractivity contribution in [3.63, 3.8) is 0 Å². The number of aromatic carboxylic acids is 1. The number of pyridine rings is 1. The molecule has 1 aromatic carbocycles. The zero-order valence-corrected chi connectivity index (χ0v) is 16.9. The smallest absolute Gasteiger partial charge is 0.341 e. The number of benzene rings is 1. The van der Waals surface area contributed by atoms with Gasteiger partial charge in [-0.25, -0.2) is 9.18 Å². The van der Waals surface area contributed by atoms with Crippen molar-refractivity contribution < 1.29 is 14.3 Å². The van der Waals surface area contributed by atoms with Crippen LogP contribution in [0.1, 0.15) is 42.1 Å². The molecule has 0 radical (unpaired) electrons. The van der Waals surface area contributed by atoms with Gasteiger partial charge in [-0.1, -0.05) is 11.6 Å². The van der Waals surface area contributed by atoms with Crippen LogP contribution in [0.4, 0.5) is 10.1 Å². The number of nitrogens with one attached hydrogen (secondary N) is 1. The minimum absolute atomic E-state index is 0.110. The number of hydrogen-bond donors (Lipinski definition) is 2. The Morgan fingerprint density at radius 3 is 2.79 bits per heavy atom. The maximum Gasteiger partial charge on any atom is 0.341 e. The van der Waals surface area contributed by atoms with Gasteiger partial charge in [-0.2, -0.15) is 0 Å². The van der Waals surface area contributed by atoms with Crippen molar-refractivity contribution in [2.75, 3.05) is 31.6 Å². The first-order chi connectivity index (χ1) is 13.9. The zero-order valence-electron chi connectivity index (χ0n) is 16.2. The predicted octanol–water partition coefficient (Wildman–Crippen LogP) is 3.49. The molecule has 0 unspecified atom stereocenters. The summed E-state index contributed by atoms with van der Waals surface area (Å²) in [7, 11) is 1.83. The third-order valence-electron chi connectivity index (χ3n) is 5.62. The molecule has 2 aliphatic rings. The SMILES string of the molecule is CNC/C(Cl)=C1/CCCN(c2cc3c(cc2F)c(=O)c(C(=O)O)cn3C2CC2)C1.